The molecule has 0 radical (unpaired) electrons. The molecule has 6 heteroatoms. The van der Waals surface area contributed by atoms with Crippen molar-refractivity contribution >= 4 is 11.3 Å². The van der Waals surface area contributed by atoms with Crippen molar-refractivity contribution in [3.63, 3.8) is 0 Å². The fourth-order valence-corrected chi connectivity index (χ4v) is 1.65. The van der Waals surface area contributed by atoms with Gasteiger partial charge in [-0.05, 0) is 18.2 Å². The molecule has 2 aromatic heterocycles. The van der Waals surface area contributed by atoms with Gasteiger partial charge >= 0.3 is 0 Å². The van der Waals surface area contributed by atoms with Gasteiger partial charge in [0.05, 0.1) is 0 Å². The molecule has 3 rings (SSSR count). The second-order valence-electron chi connectivity index (χ2n) is 3.56. The summed E-state index contributed by atoms with van der Waals surface area (Å²) >= 11 is 0. The third kappa shape index (κ3) is 1.50. The molecule has 0 bridgehead atoms. The third-order valence-electron chi connectivity index (χ3n) is 2.47. The van der Waals surface area contributed by atoms with Crippen molar-refractivity contribution in [2.75, 3.05) is 5.73 Å². The van der Waals surface area contributed by atoms with E-state index in [0.29, 0.717) is 22.7 Å². The van der Waals surface area contributed by atoms with Gasteiger partial charge in [-0.3, -0.25) is 4.40 Å². The number of hydrogen-bond donors (Lipinski definition) is 1. The lowest BCUT2D eigenvalue weighted by atomic mass is 10.1. The van der Waals surface area contributed by atoms with Crippen molar-refractivity contribution in [3.05, 3.63) is 42.6 Å². The van der Waals surface area contributed by atoms with Crippen LogP contribution in [0.4, 0.5) is 10.1 Å². The fraction of sp³-hybridized carbons (Fsp3) is 0. The topological polar surface area (TPSA) is 69.1 Å². The van der Waals surface area contributed by atoms with E-state index in [2.05, 4.69) is 15.2 Å². The molecule has 0 aliphatic carbocycles. The molecule has 3 aromatic rings. The molecule has 17 heavy (non-hydrogen) atoms. The SMILES string of the molecule is Nc1ccc(F)cc1-c1nnc2ccncn12. The van der Waals surface area contributed by atoms with Gasteiger partial charge in [0.25, 0.3) is 0 Å². The summed E-state index contributed by atoms with van der Waals surface area (Å²) in [4.78, 5) is 3.97. The van der Waals surface area contributed by atoms with E-state index < -0.39 is 0 Å². The lowest BCUT2D eigenvalue weighted by molar-refractivity contribution is 0.628. The van der Waals surface area contributed by atoms with E-state index in [1.54, 1.807) is 23.0 Å². The summed E-state index contributed by atoms with van der Waals surface area (Å²) in [6, 6.07) is 5.85. The van der Waals surface area contributed by atoms with Gasteiger partial charge in [0.2, 0.25) is 0 Å². The molecule has 2 N–H and O–H groups in total. The molecule has 1 aromatic carbocycles. The van der Waals surface area contributed by atoms with E-state index in [0.717, 1.165) is 0 Å². The van der Waals surface area contributed by atoms with Crippen LogP contribution >= 0.6 is 0 Å². The van der Waals surface area contributed by atoms with Crippen LogP contribution in [-0.2, 0) is 0 Å². The number of fused-ring (bicyclic) bond motifs is 1. The average Bonchev–Trinajstić information content (AvgIpc) is 2.76. The van der Waals surface area contributed by atoms with Gasteiger partial charge in [-0.25, -0.2) is 9.37 Å². The van der Waals surface area contributed by atoms with Crippen molar-refractivity contribution in [2.45, 2.75) is 0 Å². The van der Waals surface area contributed by atoms with E-state index in [1.165, 1.54) is 18.2 Å². The smallest absolute Gasteiger partial charge is 0.171 e. The summed E-state index contributed by atoms with van der Waals surface area (Å²) < 4.78 is 14.9. The maximum absolute atomic E-state index is 13.2. The Labute approximate surface area is 95.7 Å². The molecule has 0 saturated heterocycles. The second kappa shape index (κ2) is 3.51. The Kier molecular flexibility index (Phi) is 2.01. The number of hydrogen-bond acceptors (Lipinski definition) is 4. The highest BCUT2D eigenvalue weighted by Gasteiger charge is 2.11. The van der Waals surface area contributed by atoms with Gasteiger partial charge in [0.1, 0.15) is 12.1 Å². The lowest BCUT2D eigenvalue weighted by Gasteiger charge is -2.03. The van der Waals surface area contributed by atoms with Crippen LogP contribution in [0.2, 0.25) is 0 Å². The van der Waals surface area contributed by atoms with Crippen molar-refractivity contribution < 1.29 is 4.39 Å². The zero-order valence-corrected chi connectivity index (χ0v) is 8.71. The van der Waals surface area contributed by atoms with Gasteiger partial charge in [-0.15, -0.1) is 10.2 Å². The fourth-order valence-electron chi connectivity index (χ4n) is 1.65. The Morgan fingerprint density at radius 2 is 2.06 bits per heavy atom. The van der Waals surface area contributed by atoms with Crippen molar-refractivity contribution in [2.24, 2.45) is 0 Å². The number of nitrogen functional groups attached to an aromatic ring is 1. The highest BCUT2D eigenvalue weighted by molar-refractivity contribution is 5.72. The van der Waals surface area contributed by atoms with Crippen LogP contribution in [0.3, 0.4) is 0 Å². The van der Waals surface area contributed by atoms with Crippen LogP contribution in [0.1, 0.15) is 0 Å². The Morgan fingerprint density at radius 1 is 1.18 bits per heavy atom. The van der Waals surface area contributed by atoms with Crippen LogP contribution in [0, 0.1) is 5.82 Å². The summed E-state index contributed by atoms with van der Waals surface area (Å²) in [5, 5.41) is 7.95. The Bertz CT molecular complexity index is 691. The molecular formula is C11H8FN5. The number of anilines is 1. The molecule has 0 aliphatic rings. The molecule has 0 fully saturated rings. The second-order valence-corrected chi connectivity index (χ2v) is 3.56. The number of benzene rings is 1. The molecule has 0 aliphatic heterocycles. The largest absolute Gasteiger partial charge is 0.398 e. The van der Waals surface area contributed by atoms with Crippen molar-refractivity contribution in [3.8, 4) is 11.4 Å². The zero-order chi connectivity index (χ0) is 11.8. The highest BCUT2D eigenvalue weighted by atomic mass is 19.1. The van der Waals surface area contributed by atoms with Gasteiger partial charge in [-0.2, -0.15) is 0 Å². The molecule has 2 heterocycles. The quantitative estimate of drug-likeness (QED) is 0.642. The number of aromatic nitrogens is 4. The van der Waals surface area contributed by atoms with Crippen LogP contribution in [0.25, 0.3) is 17.0 Å². The molecule has 0 unspecified atom stereocenters. The van der Waals surface area contributed by atoms with E-state index in [9.17, 15) is 4.39 Å². The van der Waals surface area contributed by atoms with Crippen LogP contribution in [0.15, 0.2) is 36.8 Å². The minimum Gasteiger partial charge on any atom is -0.398 e. The average molecular weight is 229 g/mol. The van der Waals surface area contributed by atoms with Gasteiger partial charge in [0, 0.05) is 23.5 Å². The van der Waals surface area contributed by atoms with E-state index >= 15 is 0 Å². The number of nitrogens with two attached hydrogens (primary N) is 1. The summed E-state index contributed by atoms with van der Waals surface area (Å²) in [6.45, 7) is 0. The van der Waals surface area contributed by atoms with E-state index in [4.69, 9.17) is 5.73 Å². The third-order valence-corrected chi connectivity index (χ3v) is 2.47. The molecule has 5 nitrogen and oxygen atoms in total. The summed E-state index contributed by atoms with van der Waals surface area (Å²) in [7, 11) is 0. The Morgan fingerprint density at radius 3 is 2.94 bits per heavy atom. The zero-order valence-electron chi connectivity index (χ0n) is 8.71. The summed E-state index contributed by atoms with van der Waals surface area (Å²) in [6.07, 6.45) is 3.18. The first-order valence-electron chi connectivity index (χ1n) is 4.96. The predicted octanol–water partition coefficient (Wildman–Crippen LogP) is 1.51. The maximum Gasteiger partial charge on any atom is 0.171 e. The van der Waals surface area contributed by atoms with Gasteiger partial charge in [0.15, 0.2) is 11.5 Å². The highest BCUT2D eigenvalue weighted by Crippen LogP contribution is 2.25. The first-order chi connectivity index (χ1) is 8.25. The van der Waals surface area contributed by atoms with Gasteiger partial charge < -0.3 is 5.73 Å². The first-order valence-corrected chi connectivity index (χ1v) is 4.96. The Balaban J connectivity index is 2.31. The molecule has 0 atom stereocenters. The molecule has 0 saturated carbocycles. The van der Waals surface area contributed by atoms with Gasteiger partial charge in [-0.1, -0.05) is 0 Å². The first kappa shape index (κ1) is 9.71. The van der Waals surface area contributed by atoms with E-state index in [1.807, 2.05) is 0 Å². The summed E-state index contributed by atoms with van der Waals surface area (Å²) in [5.74, 6) is 0.111. The Hall–Kier alpha value is -2.50. The molecule has 84 valence electrons. The minimum absolute atomic E-state index is 0.366. The van der Waals surface area contributed by atoms with E-state index in [-0.39, 0.29) is 5.82 Å². The predicted molar refractivity (Wildman–Crippen MR) is 60.6 cm³/mol. The maximum atomic E-state index is 13.2. The molecule has 0 amide bonds. The number of nitrogens with zero attached hydrogens (tertiary/aromatic N) is 4. The lowest BCUT2D eigenvalue weighted by Crippen LogP contribution is -1.96. The van der Waals surface area contributed by atoms with Crippen LogP contribution in [0.5, 0.6) is 0 Å². The standard InChI is InChI=1S/C11H8FN5/c12-7-1-2-9(13)8(5-7)11-16-15-10-3-4-14-6-17(10)11/h1-6H,13H2. The molecular weight excluding hydrogens is 221 g/mol. The van der Waals surface area contributed by atoms with Crippen molar-refractivity contribution in [1.29, 1.82) is 0 Å². The van der Waals surface area contributed by atoms with Crippen LogP contribution in [-0.4, -0.2) is 19.6 Å². The normalized spacial score (nSPS) is 10.9. The van der Waals surface area contributed by atoms with Crippen LogP contribution < -0.4 is 5.73 Å². The molecule has 0 spiro atoms. The number of halogens is 1. The number of rotatable bonds is 1. The minimum atomic E-state index is -0.366. The summed E-state index contributed by atoms with van der Waals surface area (Å²) in [5.41, 5.74) is 7.39. The van der Waals surface area contributed by atoms with Crippen molar-refractivity contribution in [1.82, 2.24) is 19.6 Å². The monoisotopic (exact) mass is 229 g/mol.